The van der Waals surface area contributed by atoms with Crippen molar-refractivity contribution >= 4 is 8.32 Å². The molecule has 0 saturated carbocycles. The maximum absolute atomic E-state index is 11.3. The van der Waals surface area contributed by atoms with Crippen molar-refractivity contribution in [3.8, 4) is 11.8 Å². The quantitative estimate of drug-likeness (QED) is 0.414. The molecule has 0 radical (unpaired) electrons. The van der Waals surface area contributed by atoms with E-state index in [-0.39, 0.29) is 11.3 Å². The van der Waals surface area contributed by atoms with Crippen molar-refractivity contribution in [1.29, 1.82) is 0 Å². The summed E-state index contributed by atoms with van der Waals surface area (Å²) in [6.07, 6.45) is 8.86. The third kappa shape index (κ3) is 6.72. The molecule has 1 aliphatic carbocycles. The highest BCUT2D eigenvalue weighted by molar-refractivity contribution is 6.74. The average molecular weight is 395 g/mol. The highest BCUT2D eigenvalue weighted by Gasteiger charge is 2.39. The molecule has 1 heterocycles. The zero-order valence-corrected chi connectivity index (χ0v) is 18.9. The van der Waals surface area contributed by atoms with Crippen molar-refractivity contribution in [3.63, 3.8) is 0 Å². The molecule has 1 fully saturated rings. The van der Waals surface area contributed by atoms with Crippen LogP contribution in [0, 0.1) is 11.8 Å². The normalized spacial score (nSPS) is 27.3. The van der Waals surface area contributed by atoms with Crippen molar-refractivity contribution < 1.29 is 19.0 Å². The van der Waals surface area contributed by atoms with Crippen LogP contribution in [0.3, 0.4) is 0 Å². The largest absolute Gasteiger partial charge is 0.413 e. The van der Waals surface area contributed by atoms with Crippen molar-refractivity contribution in [2.45, 2.75) is 95.7 Å². The molecule has 5 heteroatoms. The first kappa shape index (κ1) is 22.6. The average Bonchev–Trinajstić information content (AvgIpc) is 2.79. The van der Waals surface area contributed by atoms with Gasteiger partial charge in [-0.2, -0.15) is 0 Å². The lowest BCUT2D eigenvalue weighted by atomic mass is 9.91. The van der Waals surface area contributed by atoms with E-state index in [9.17, 15) is 5.11 Å². The molecular weight excluding hydrogens is 356 g/mol. The Labute approximate surface area is 166 Å². The van der Waals surface area contributed by atoms with E-state index in [1.807, 2.05) is 0 Å². The van der Waals surface area contributed by atoms with Gasteiger partial charge in [0, 0.05) is 6.61 Å². The van der Waals surface area contributed by atoms with Crippen LogP contribution in [0.1, 0.15) is 65.7 Å². The molecule has 2 atom stereocenters. The smallest absolute Gasteiger partial charge is 0.192 e. The monoisotopic (exact) mass is 394 g/mol. The van der Waals surface area contributed by atoms with E-state index >= 15 is 0 Å². The molecule has 0 aromatic rings. The van der Waals surface area contributed by atoms with Gasteiger partial charge in [0.1, 0.15) is 12.2 Å². The second-order valence-electron chi connectivity index (χ2n) is 9.29. The van der Waals surface area contributed by atoms with Gasteiger partial charge in [0.25, 0.3) is 0 Å². The van der Waals surface area contributed by atoms with Gasteiger partial charge < -0.3 is 19.0 Å². The van der Waals surface area contributed by atoms with Crippen molar-refractivity contribution in [2.75, 3.05) is 19.8 Å². The number of allylic oxidation sites excluding steroid dienone is 1. The maximum atomic E-state index is 11.3. The molecule has 0 aromatic carbocycles. The van der Waals surface area contributed by atoms with Gasteiger partial charge >= 0.3 is 0 Å². The fraction of sp³-hybridized carbons (Fsp3) is 0.818. The van der Waals surface area contributed by atoms with E-state index in [1.54, 1.807) is 0 Å². The summed E-state index contributed by atoms with van der Waals surface area (Å²) in [5.74, 6) is 6.14. The van der Waals surface area contributed by atoms with Gasteiger partial charge in [0.15, 0.2) is 14.6 Å². The van der Waals surface area contributed by atoms with E-state index in [2.05, 4.69) is 51.8 Å². The summed E-state index contributed by atoms with van der Waals surface area (Å²) in [4.78, 5) is 0. The lowest BCUT2D eigenvalue weighted by Gasteiger charge is -2.37. The predicted molar refractivity (Wildman–Crippen MR) is 112 cm³/mol. The van der Waals surface area contributed by atoms with E-state index in [4.69, 9.17) is 13.9 Å². The molecule has 4 nitrogen and oxygen atoms in total. The zero-order valence-electron chi connectivity index (χ0n) is 17.9. The van der Waals surface area contributed by atoms with Gasteiger partial charge in [0.05, 0.1) is 6.61 Å². The molecule has 1 saturated heterocycles. The van der Waals surface area contributed by atoms with Crippen molar-refractivity contribution in [2.24, 2.45) is 0 Å². The molecule has 2 aliphatic rings. The summed E-state index contributed by atoms with van der Waals surface area (Å²) in [5.41, 5.74) is -0.179. The number of aliphatic hydroxyl groups is 1. The minimum atomic E-state index is -1.87. The standard InChI is InChI=1S/C22H38O4Si/c1-21(2,3)27(4,5)26-18-19-12-7-6-9-14-22(19,23)15-11-17-25-20-13-8-10-16-24-20/h12,20,23H,6-10,13-14,16-18H2,1-5H3. The molecule has 0 aromatic heterocycles. The van der Waals surface area contributed by atoms with Crippen LogP contribution in [0.15, 0.2) is 11.6 Å². The molecule has 1 N–H and O–H groups in total. The fourth-order valence-corrected chi connectivity index (χ4v) is 4.04. The summed E-state index contributed by atoms with van der Waals surface area (Å²) in [6, 6.07) is 0. The molecule has 2 unspecified atom stereocenters. The van der Waals surface area contributed by atoms with E-state index in [0.29, 0.717) is 19.6 Å². The van der Waals surface area contributed by atoms with Crippen LogP contribution in [0.2, 0.25) is 18.1 Å². The summed E-state index contributed by atoms with van der Waals surface area (Å²) >= 11 is 0. The number of hydrogen-bond donors (Lipinski definition) is 1. The Balaban J connectivity index is 1.99. The maximum Gasteiger partial charge on any atom is 0.192 e. The van der Waals surface area contributed by atoms with Gasteiger partial charge in [-0.15, -0.1) is 0 Å². The van der Waals surface area contributed by atoms with Gasteiger partial charge in [0.2, 0.25) is 0 Å². The molecule has 2 rings (SSSR count). The highest BCUT2D eigenvalue weighted by atomic mass is 28.4. The summed E-state index contributed by atoms with van der Waals surface area (Å²) < 4.78 is 17.6. The second kappa shape index (κ2) is 9.71. The molecule has 27 heavy (non-hydrogen) atoms. The SMILES string of the molecule is CC(C)(C)[Si](C)(C)OCC1=CCCCCC1(O)C#CCOC1CCCCO1. The molecule has 1 aliphatic heterocycles. The van der Waals surface area contributed by atoms with Gasteiger partial charge in [-0.05, 0) is 68.7 Å². The van der Waals surface area contributed by atoms with Crippen LogP contribution >= 0.6 is 0 Å². The Bertz CT molecular complexity index is 561. The Morgan fingerprint density at radius 3 is 2.70 bits per heavy atom. The summed E-state index contributed by atoms with van der Waals surface area (Å²) in [6.45, 7) is 12.7. The van der Waals surface area contributed by atoms with Crippen LogP contribution in [0.4, 0.5) is 0 Å². The zero-order chi connectivity index (χ0) is 20.0. The third-order valence-corrected chi connectivity index (χ3v) is 10.6. The molecule has 0 amide bonds. The minimum Gasteiger partial charge on any atom is -0.413 e. The van der Waals surface area contributed by atoms with Gasteiger partial charge in [-0.3, -0.25) is 0 Å². The molecular formula is C22H38O4Si. The topological polar surface area (TPSA) is 47.9 Å². The van der Waals surface area contributed by atoms with Crippen molar-refractivity contribution in [1.82, 2.24) is 0 Å². The van der Waals surface area contributed by atoms with Crippen LogP contribution in [0.25, 0.3) is 0 Å². The third-order valence-electron chi connectivity index (χ3n) is 6.08. The van der Waals surface area contributed by atoms with E-state index < -0.39 is 13.9 Å². The van der Waals surface area contributed by atoms with Gasteiger partial charge in [-0.1, -0.05) is 38.7 Å². The highest BCUT2D eigenvalue weighted by Crippen LogP contribution is 2.38. The number of ether oxygens (including phenoxy) is 2. The molecule has 0 bridgehead atoms. The predicted octanol–water partition coefficient (Wildman–Crippen LogP) is 4.79. The number of rotatable bonds is 5. The summed E-state index contributed by atoms with van der Waals surface area (Å²) in [5, 5.41) is 11.4. The first-order valence-electron chi connectivity index (χ1n) is 10.4. The molecule has 154 valence electrons. The lowest BCUT2D eigenvalue weighted by Crippen LogP contribution is -2.43. The Morgan fingerprint density at radius 2 is 2.04 bits per heavy atom. The van der Waals surface area contributed by atoms with Gasteiger partial charge in [-0.25, -0.2) is 0 Å². The van der Waals surface area contributed by atoms with E-state index in [0.717, 1.165) is 50.7 Å². The fourth-order valence-electron chi connectivity index (χ4n) is 3.09. The van der Waals surface area contributed by atoms with Crippen LogP contribution < -0.4 is 0 Å². The molecule has 0 spiro atoms. The van der Waals surface area contributed by atoms with E-state index in [1.165, 1.54) is 0 Å². The minimum absolute atomic E-state index is 0.145. The second-order valence-corrected chi connectivity index (χ2v) is 14.1. The van der Waals surface area contributed by atoms with Crippen LogP contribution in [-0.2, 0) is 13.9 Å². The summed E-state index contributed by atoms with van der Waals surface area (Å²) in [7, 11) is -1.87. The Hall–Kier alpha value is -0.643. The van der Waals surface area contributed by atoms with Crippen LogP contribution in [0.5, 0.6) is 0 Å². The first-order valence-corrected chi connectivity index (χ1v) is 13.3. The number of hydrogen-bond acceptors (Lipinski definition) is 4. The Kier molecular flexibility index (Phi) is 8.14. The Morgan fingerprint density at radius 1 is 1.26 bits per heavy atom. The van der Waals surface area contributed by atoms with Crippen LogP contribution in [-0.4, -0.2) is 45.1 Å². The first-order chi connectivity index (χ1) is 12.6. The van der Waals surface area contributed by atoms with Crippen molar-refractivity contribution in [3.05, 3.63) is 11.6 Å². The lowest BCUT2D eigenvalue weighted by molar-refractivity contribution is -0.154.